The van der Waals surface area contributed by atoms with E-state index in [0.717, 1.165) is 76.9 Å². The number of para-hydroxylation sites is 2. The van der Waals surface area contributed by atoms with E-state index in [1.54, 1.807) is 6.92 Å². The van der Waals surface area contributed by atoms with Gasteiger partial charge in [-0.15, -0.1) is 0 Å². The number of likely N-dealkylation sites (tertiary alicyclic amines) is 1. The number of H-pyrrole nitrogens is 1. The van der Waals surface area contributed by atoms with Crippen molar-refractivity contribution in [2.45, 2.75) is 64.4 Å². The standard InChI is InChI=1S/C43H49N5O7/c1-3-53-39(50)25-45-42(51)44-24-30-7-6-8-34(23-30)31-15-17-33(18-16-31)41-54-38(28(2)40(55-41)32-13-11-29(27-49)12-14-32)26-47-21-19-35(20-22-47)48-37-10-5-4-9-36(37)46-43(48)52/h4-18,23,28,35,38,40-41,49H,3,19-22,24-27H2,1-2H3,(H,46,52)(H2,44,45,51). The number of nitrogens with one attached hydrogen (secondary N) is 3. The van der Waals surface area contributed by atoms with Crippen LogP contribution in [0.2, 0.25) is 0 Å². The molecule has 55 heavy (non-hydrogen) atoms. The summed E-state index contributed by atoms with van der Waals surface area (Å²) in [4.78, 5) is 42.1. The molecule has 5 aromatic rings. The number of ether oxygens (including phenoxy) is 3. The summed E-state index contributed by atoms with van der Waals surface area (Å²) in [5.41, 5.74) is 7.48. The number of imidazole rings is 1. The van der Waals surface area contributed by atoms with Crippen LogP contribution in [-0.4, -0.2) is 70.4 Å². The minimum atomic E-state index is -0.594. The summed E-state index contributed by atoms with van der Waals surface area (Å²) in [7, 11) is 0. The molecule has 0 saturated carbocycles. The van der Waals surface area contributed by atoms with Crippen LogP contribution in [-0.2, 0) is 32.2 Å². The molecule has 2 amide bonds. The van der Waals surface area contributed by atoms with Crippen molar-refractivity contribution in [3.63, 3.8) is 0 Å². The van der Waals surface area contributed by atoms with Crippen LogP contribution in [0.5, 0.6) is 0 Å². The lowest BCUT2D eigenvalue weighted by Crippen LogP contribution is -2.47. The van der Waals surface area contributed by atoms with Gasteiger partial charge in [-0.3, -0.25) is 9.36 Å². The van der Waals surface area contributed by atoms with Crippen molar-refractivity contribution < 1.29 is 28.9 Å². The van der Waals surface area contributed by atoms with E-state index < -0.39 is 18.3 Å². The number of aromatic amines is 1. The molecule has 4 atom stereocenters. The number of hydrogen-bond acceptors (Lipinski definition) is 8. The van der Waals surface area contributed by atoms with Gasteiger partial charge in [0.15, 0.2) is 6.29 Å². The SMILES string of the molecule is CCOC(=O)CNC(=O)NCc1cccc(-c2ccc(C3OC(CN4CCC(n5c(=O)[nH]c6ccccc65)CC4)C(C)C(c4ccc(CO)cc4)O3)cc2)c1. The molecule has 2 saturated heterocycles. The molecule has 4 N–H and O–H groups in total. The average Bonchev–Trinajstić information content (AvgIpc) is 3.56. The van der Waals surface area contributed by atoms with Gasteiger partial charge < -0.3 is 39.8 Å². The summed E-state index contributed by atoms with van der Waals surface area (Å²) in [5, 5.41) is 15.0. The third kappa shape index (κ3) is 9.00. The number of fused-ring (bicyclic) bond motifs is 1. The van der Waals surface area contributed by atoms with Gasteiger partial charge in [0.2, 0.25) is 0 Å². The van der Waals surface area contributed by atoms with Crippen LogP contribution in [0.1, 0.15) is 67.4 Å². The lowest BCUT2D eigenvalue weighted by atomic mass is 9.89. The second-order valence-corrected chi connectivity index (χ2v) is 14.3. The third-order valence-corrected chi connectivity index (χ3v) is 10.7. The van der Waals surface area contributed by atoms with Crippen LogP contribution in [0, 0.1) is 5.92 Å². The van der Waals surface area contributed by atoms with Gasteiger partial charge in [-0.05, 0) is 65.8 Å². The van der Waals surface area contributed by atoms with Gasteiger partial charge in [0.05, 0.1) is 36.5 Å². The van der Waals surface area contributed by atoms with E-state index in [-0.39, 0.29) is 49.6 Å². The number of esters is 1. The van der Waals surface area contributed by atoms with Crippen molar-refractivity contribution in [3.05, 3.63) is 130 Å². The highest BCUT2D eigenvalue weighted by molar-refractivity contribution is 5.80. The highest BCUT2D eigenvalue weighted by Gasteiger charge is 2.39. The number of urea groups is 1. The Balaban J connectivity index is 1.03. The maximum Gasteiger partial charge on any atom is 0.326 e. The number of aromatic nitrogens is 2. The smallest absolute Gasteiger partial charge is 0.326 e. The molecule has 12 nitrogen and oxygen atoms in total. The molecule has 288 valence electrons. The number of rotatable bonds is 12. The minimum absolute atomic E-state index is 0.0193. The number of carbonyl (C=O) groups is 2. The van der Waals surface area contributed by atoms with Crippen LogP contribution >= 0.6 is 0 Å². The van der Waals surface area contributed by atoms with Crippen molar-refractivity contribution in [2.24, 2.45) is 5.92 Å². The van der Waals surface area contributed by atoms with Gasteiger partial charge in [-0.1, -0.05) is 85.8 Å². The molecular weight excluding hydrogens is 699 g/mol. The zero-order valence-electron chi connectivity index (χ0n) is 31.3. The summed E-state index contributed by atoms with van der Waals surface area (Å²) in [6.07, 6.45) is 0.805. The van der Waals surface area contributed by atoms with Crippen LogP contribution < -0.4 is 16.3 Å². The number of benzene rings is 4. The fourth-order valence-corrected chi connectivity index (χ4v) is 7.68. The molecule has 12 heteroatoms. The molecule has 0 spiro atoms. The molecule has 0 radical (unpaired) electrons. The maximum absolute atomic E-state index is 12.9. The second-order valence-electron chi connectivity index (χ2n) is 14.3. The van der Waals surface area contributed by atoms with Crippen molar-refractivity contribution in [1.82, 2.24) is 25.1 Å². The molecule has 0 bridgehead atoms. The number of piperidine rings is 1. The van der Waals surface area contributed by atoms with E-state index in [2.05, 4.69) is 39.6 Å². The normalized spacial score (nSPS) is 20.6. The number of hydrogen-bond donors (Lipinski definition) is 4. The third-order valence-electron chi connectivity index (χ3n) is 10.7. The highest BCUT2D eigenvalue weighted by Crippen LogP contribution is 2.42. The van der Waals surface area contributed by atoms with E-state index in [1.807, 2.05) is 89.5 Å². The Morgan fingerprint density at radius 1 is 0.873 bits per heavy atom. The zero-order chi connectivity index (χ0) is 38.3. The first-order valence-electron chi connectivity index (χ1n) is 19.1. The zero-order valence-corrected chi connectivity index (χ0v) is 31.3. The van der Waals surface area contributed by atoms with Gasteiger partial charge in [-0.2, -0.15) is 0 Å². The Morgan fingerprint density at radius 2 is 1.62 bits per heavy atom. The van der Waals surface area contributed by atoms with Gasteiger partial charge in [-0.25, -0.2) is 9.59 Å². The molecule has 0 aliphatic carbocycles. The van der Waals surface area contributed by atoms with Gasteiger partial charge in [0.1, 0.15) is 6.54 Å². The molecule has 4 aromatic carbocycles. The predicted octanol–water partition coefficient (Wildman–Crippen LogP) is 5.98. The Kier molecular flexibility index (Phi) is 12.1. The molecule has 1 aromatic heterocycles. The lowest BCUT2D eigenvalue weighted by molar-refractivity contribution is -0.276. The van der Waals surface area contributed by atoms with Crippen molar-refractivity contribution >= 4 is 23.0 Å². The van der Waals surface area contributed by atoms with Gasteiger partial charge in [0.25, 0.3) is 0 Å². The first-order valence-corrected chi connectivity index (χ1v) is 19.1. The fraction of sp³-hybridized carbons (Fsp3) is 0.372. The average molecular weight is 748 g/mol. The molecule has 2 aliphatic rings. The number of aliphatic hydroxyl groups is 1. The van der Waals surface area contributed by atoms with Crippen LogP contribution in [0.4, 0.5) is 4.79 Å². The van der Waals surface area contributed by atoms with E-state index in [0.29, 0.717) is 6.54 Å². The first kappa shape index (κ1) is 38.0. The Labute approximate surface area is 320 Å². The summed E-state index contributed by atoms with van der Waals surface area (Å²) in [6, 6.07) is 31.6. The summed E-state index contributed by atoms with van der Waals surface area (Å²) >= 11 is 0. The molecule has 3 heterocycles. The maximum atomic E-state index is 12.9. The Morgan fingerprint density at radius 3 is 2.36 bits per heavy atom. The largest absolute Gasteiger partial charge is 0.465 e. The van der Waals surface area contributed by atoms with Crippen molar-refractivity contribution in [2.75, 3.05) is 32.8 Å². The number of nitrogens with zero attached hydrogens (tertiary/aromatic N) is 2. The van der Waals surface area contributed by atoms with E-state index >= 15 is 0 Å². The van der Waals surface area contributed by atoms with Crippen LogP contribution in [0.3, 0.4) is 0 Å². The summed E-state index contributed by atoms with van der Waals surface area (Å²) in [6.45, 7) is 6.69. The van der Waals surface area contributed by atoms with Crippen LogP contribution in [0.15, 0.2) is 102 Å². The van der Waals surface area contributed by atoms with Gasteiger partial charge in [0, 0.05) is 43.7 Å². The number of carbonyl (C=O) groups excluding carboxylic acids is 2. The first-order chi connectivity index (χ1) is 26.8. The lowest BCUT2D eigenvalue weighted by Gasteiger charge is -2.44. The quantitative estimate of drug-likeness (QED) is 0.114. The van der Waals surface area contributed by atoms with E-state index in [9.17, 15) is 19.5 Å². The van der Waals surface area contributed by atoms with E-state index in [4.69, 9.17) is 14.2 Å². The molecular formula is C43H49N5O7. The van der Waals surface area contributed by atoms with Gasteiger partial charge >= 0.3 is 17.7 Å². The molecule has 7 rings (SSSR count). The van der Waals surface area contributed by atoms with Crippen molar-refractivity contribution in [3.8, 4) is 11.1 Å². The monoisotopic (exact) mass is 747 g/mol. The van der Waals surface area contributed by atoms with Crippen LogP contribution in [0.25, 0.3) is 22.2 Å². The Hall–Kier alpha value is -5.27. The molecule has 2 aliphatic heterocycles. The van der Waals surface area contributed by atoms with Crippen molar-refractivity contribution in [1.29, 1.82) is 0 Å². The van der Waals surface area contributed by atoms with E-state index in [1.165, 1.54) is 0 Å². The fourth-order valence-electron chi connectivity index (χ4n) is 7.68. The topological polar surface area (TPSA) is 147 Å². The minimum Gasteiger partial charge on any atom is -0.465 e. The summed E-state index contributed by atoms with van der Waals surface area (Å²) in [5.74, 6) is -0.435. The molecule has 4 unspecified atom stereocenters. The Bertz CT molecular complexity index is 2120. The highest BCUT2D eigenvalue weighted by atomic mass is 16.7. The number of aliphatic hydroxyl groups excluding tert-OH is 1. The summed E-state index contributed by atoms with van der Waals surface area (Å²) < 4.78 is 20.3. The second kappa shape index (κ2) is 17.5. The predicted molar refractivity (Wildman–Crippen MR) is 209 cm³/mol. The molecule has 2 fully saturated rings. The number of amides is 2.